The highest BCUT2D eigenvalue weighted by atomic mass is 32.1. The first kappa shape index (κ1) is 8.75. The van der Waals surface area contributed by atoms with Gasteiger partial charge >= 0.3 is 0 Å². The first-order valence-corrected chi connectivity index (χ1v) is 4.71. The molecule has 0 aliphatic carbocycles. The van der Waals surface area contributed by atoms with Crippen LogP contribution in [0.5, 0.6) is 0 Å². The van der Waals surface area contributed by atoms with Gasteiger partial charge in [-0.3, -0.25) is 0 Å². The molecule has 0 aliphatic rings. The van der Waals surface area contributed by atoms with Crippen LogP contribution in [-0.4, -0.2) is 7.05 Å². The molecule has 1 aromatic heterocycles. The summed E-state index contributed by atoms with van der Waals surface area (Å²) >= 11 is 1.87. The Labute approximate surface area is 72.4 Å². The van der Waals surface area contributed by atoms with Crippen molar-refractivity contribution in [3.05, 3.63) is 21.4 Å². The van der Waals surface area contributed by atoms with E-state index in [1.165, 1.54) is 15.3 Å². The van der Waals surface area contributed by atoms with E-state index >= 15 is 0 Å². The molecule has 0 amide bonds. The smallest absolute Gasteiger partial charge is 0.0300 e. The van der Waals surface area contributed by atoms with Crippen LogP contribution in [-0.2, 0) is 0 Å². The van der Waals surface area contributed by atoms with E-state index in [2.05, 4.69) is 32.2 Å². The highest BCUT2D eigenvalue weighted by molar-refractivity contribution is 7.12. The third-order valence-electron chi connectivity index (χ3n) is 1.98. The second kappa shape index (κ2) is 3.37. The monoisotopic (exact) mass is 169 g/mol. The van der Waals surface area contributed by atoms with Crippen LogP contribution in [0, 0.1) is 13.8 Å². The standard InChI is InChI=1S/C9H15NS/c1-6-5-9(7(2)10-4)8(3)11-6/h5,7,10H,1-4H3/t7-/m1/s1. The fourth-order valence-corrected chi connectivity index (χ4v) is 2.26. The molecule has 0 fully saturated rings. The number of hydrogen-bond donors (Lipinski definition) is 1. The van der Waals surface area contributed by atoms with E-state index in [0.29, 0.717) is 6.04 Å². The molecule has 0 saturated carbocycles. The summed E-state index contributed by atoms with van der Waals surface area (Å²) in [6.07, 6.45) is 0. The Kier molecular flexibility index (Phi) is 2.68. The van der Waals surface area contributed by atoms with Gasteiger partial charge < -0.3 is 5.32 Å². The Morgan fingerprint density at radius 2 is 2.09 bits per heavy atom. The number of aryl methyl sites for hydroxylation is 2. The molecule has 1 heterocycles. The second-order valence-corrected chi connectivity index (χ2v) is 4.34. The van der Waals surface area contributed by atoms with E-state index in [-0.39, 0.29) is 0 Å². The van der Waals surface area contributed by atoms with Gasteiger partial charge in [-0.25, -0.2) is 0 Å². The minimum absolute atomic E-state index is 0.486. The summed E-state index contributed by atoms with van der Waals surface area (Å²) in [5.74, 6) is 0. The Morgan fingerprint density at radius 3 is 2.45 bits per heavy atom. The van der Waals surface area contributed by atoms with Crippen LogP contribution >= 0.6 is 11.3 Å². The van der Waals surface area contributed by atoms with E-state index in [1.807, 2.05) is 18.4 Å². The number of nitrogens with one attached hydrogen (secondary N) is 1. The molecule has 1 rings (SSSR count). The van der Waals surface area contributed by atoms with Crippen LogP contribution in [0.1, 0.15) is 28.3 Å². The minimum Gasteiger partial charge on any atom is -0.313 e. The van der Waals surface area contributed by atoms with E-state index in [9.17, 15) is 0 Å². The topological polar surface area (TPSA) is 12.0 Å². The lowest BCUT2D eigenvalue weighted by Crippen LogP contribution is -2.12. The molecule has 2 heteroatoms. The summed E-state index contributed by atoms with van der Waals surface area (Å²) in [7, 11) is 2.00. The van der Waals surface area contributed by atoms with E-state index in [4.69, 9.17) is 0 Å². The van der Waals surface area contributed by atoms with Crippen molar-refractivity contribution in [3.8, 4) is 0 Å². The Balaban J connectivity index is 2.93. The van der Waals surface area contributed by atoms with Gasteiger partial charge in [-0.1, -0.05) is 0 Å². The van der Waals surface area contributed by atoms with Crippen LogP contribution < -0.4 is 5.32 Å². The van der Waals surface area contributed by atoms with Crippen molar-refractivity contribution in [2.75, 3.05) is 7.05 Å². The molecule has 1 aromatic rings. The predicted molar refractivity (Wildman–Crippen MR) is 51.3 cm³/mol. The fourth-order valence-electron chi connectivity index (χ4n) is 1.24. The van der Waals surface area contributed by atoms with Crippen molar-refractivity contribution in [2.24, 2.45) is 0 Å². The van der Waals surface area contributed by atoms with Gasteiger partial charge in [-0.05, 0) is 39.4 Å². The first-order valence-electron chi connectivity index (χ1n) is 3.89. The molecule has 0 saturated heterocycles. The van der Waals surface area contributed by atoms with Crippen molar-refractivity contribution in [2.45, 2.75) is 26.8 Å². The van der Waals surface area contributed by atoms with E-state index in [0.717, 1.165) is 0 Å². The van der Waals surface area contributed by atoms with Crippen molar-refractivity contribution >= 4 is 11.3 Å². The normalized spacial score (nSPS) is 13.5. The summed E-state index contributed by atoms with van der Waals surface area (Å²) in [6, 6.07) is 2.75. The van der Waals surface area contributed by atoms with E-state index < -0.39 is 0 Å². The van der Waals surface area contributed by atoms with Gasteiger partial charge in [-0.15, -0.1) is 11.3 Å². The third-order valence-corrected chi connectivity index (χ3v) is 2.96. The quantitative estimate of drug-likeness (QED) is 0.717. The Bertz CT molecular complexity index is 240. The molecule has 1 atom stereocenters. The van der Waals surface area contributed by atoms with Crippen LogP contribution in [0.4, 0.5) is 0 Å². The molecule has 0 unspecified atom stereocenters. The van der Waals surface area contributed by atoms with Gasteiger partial charge in [0.25, 0.3) is 0 Å². The predicted octanol–water partition coefficient (Wildman–Crippen LogP) is 2.65. The van der Waals surface area contributed by atoms with Gasteiger partial charge in [0.05, 0.1) is 0 Å². The van der Waals surface area contributed by atoms with Crippen LogP contribution in [0.2, 0.25) is 0 Å². The Morgan fingerprint density at radius 1 is 1.45 bits per heavy atom. The first-order chi connectivity index (χ1) is 5.15. The van der Waals surface area contributed by atoms with Gasteiger partial charge in [-0.2, -0.15) is 0 Å². The minimum atomic E-state index is 0.486. The average molecular weight is 169 g/mol. The lowest BCUT2D eigenvalue weighted by atomic mass is 10.1. The maximum Gasteiger partial charge on any atom is 0.0300 e. The van der Waals surface area contributed by atoms with Crippen LogP contribution in [0.25, 0.3) is 0 Å². The summed E-state index contributed by atoms with van der Waals surface area (Å²) in [5, 5.41) is 3.24. The maximum absolute atomic E-state index is 3.24. The molecule has 1 nitrogen and oxygen atoms in total. The molecular weight excluding hydrogens is 154 g/mol. The van der Waals surface area contributed by atoms with Crippen molar-refractivity contribution in [3.63, 3.8) is 0 Å². The van der Waals surface area contributed by atoms with E-state index in [1.54, 1.807) is 0 Å². The van der Waals surface area contributed by atoms with Gasteiger partial charge in [0, 0.05) is 15.8 Å². The highest BCUT2D eigenvalue weighted by Crippen LogP contribution is 2.25. The maximum atomic E-state index is 3.24. The SMILES string of the molecule is CN[C@H](C)c1cc(C)sc1C. The molecule has 0 radical (unpaired) electrons. The van der Waals surface area contributed by atoms with Crippen LogP contribution in [0.3, 0.4) is 0 Å². The summed E-state index contributed by atoms with van der Waals surface area (Å²) in [5.41, 5.74) is 1.44. The summed E-state index contributed by atoms with van der Waals surface area (Å²) in [6.45, 7) is 6.53. The summed E-state index contributed by atoms with van der Waals surface area (Å²) in [4.78, 5) is 2.84. The molecule has 1 N–H and O–H groups in total. The molecule has 11 heavy (non-hydrogen) atoms. The lowest BCUT2D eigenvalue weighted by molar-refractivity contribution is 0.651. The largest absolute Gasteiger partial charge is 0.313 e. The molecular formula is C9H15NS. The van der Waals surface area contributed by atoms with Crippen molar-refractivity contribution < 1.29 is 0 Å². The van der Waals surface area contributed by atoms with Crippen molar-refractivity contribution in [1.29, 1.82) is 0 Å². The Hall–Kier alpha value is -0.340. The molecule has 0 aromatic carbocycles. The second-order valence-electron chi connectivity index (χ2n) is 2.88. The highest BCUT2D eigenvalue weighted by Gasteiger charge is 2.07. The molecule has 0 aliphatic heterocycles. The zero-order valence-electron chi connectivity index (χ0n) is 7.56. The third kappa shape index (κ3) is 1.82. The number of hydrogen-bond acceptors (Lipinski definition) is 2. The molecule has 0 spiro atoms. The van der Waals surface area contributed by atoms with Gasteiger partial charge in [0.15, 0.2) is 0 Å². The molecule has 0 bridgehead atoms. The zero-order valence-corrected chi connectivity index (χ0v) is 8.38. The number of rotatable bonds is 2. The van der Waals surface area contributed by atoms with Gasteiger partial charge in [0.2, 0.25) is 0 Å². The fraction of sp³-hybridized carbons (Fsp3) is 0.556. The average Bonchev–Trinajstić information content (AvgIpc) is 2.28. The number of thiophene rings is 1. The van der Waals surface area contributed by atoms with Crippen LogP contribution in [0.15, 0.2) is 6.07 Å². The zero-order chi connectivity index (χ0) is 8.43. The summed E-state index contributed by atoms with van der Waals surface area (Å²) < 4.78 is 0. The lowest BCUT2D eigenvalue weighted by Gasteiger charge is -2.08. The molecule has 62 valence electrons. The van der Waals surface area contributed by atoms with Gasteiger partial charge in [0.1, 0.15) is 0 Å². The van der Waals surface area contributed by atoms with Crippen molar-refractivity contribution in [1.82, 2.24) is 5.32 Å².